The van der Waals surface area contributed by atoms with Crippen molar-refractivity contribution >= 4 is 46.2 Å². The van der Waals surface area contributed by atoms with Gasteiger partial charge in [-0.15, -0.1) is 0 Å². The Morgan fingerprint density at radius 2 is 1.85 bits per heavy atom. The van der Waals surface area contributed by atoms with E-state index in [1.165, 1.54) is 16.7 Å². The lowest BCUT2D eigenvalue weighted by atomic mass is 10.1. The highest BCUT2D eigenvalue weighted by molar-refractivity contribution is 8.15. The topological polar surface area (TPSA) is 116 Å². The van der Waals surface area contributed by atoms with Crippen molar-refractivity contribution in [3.63, 3.8) is 0 Å². The number of nitrogens with one attached hydrogen (secondary N) is 2. The molecule has 2 aliphatic rings. The van der Waals surface area contributed by atoms with Gasteiger partial charge in [0.1, 0.15) is 17.6 Å². The van der Waals surface area contributed by atoms with Gasteiger partial charge in [-0.1, -0.05) is 60.6 Å². The highest BCUT2D eigenvalue weighted by Crippen LogP contribution is 2.35. The molecule has 0 radical (unpaired) electrons. The van der Waals surface area contributed by atoms with Gasteiger partial charge in [-0.05, 0) is 49.6 Å². The molecule has 3 heterocycles. The first kappa shape index (κ1) is 27.4. The fourth-order valence-electron chi connectivity index (χ4n) is 4.48. The van der Waals surface area contributed by atoms with Crippen LogP contribution in [0.5, 0.6) is 0 Å². The molecule has 0 spiro atoms. The molecule has 2 atom stereocenters. The number of hydrogen-bond acceptors (Lipinski definition) is 7. The van der Waals surface area contributed by atoms with E-state index in [2.05, 4.69) is 10.6 Å². The monoisotopic (exact) mass is 557 g/mol. The summed E-state index contributed by atoms with van der Waals surface area (Å²) >= 11 is 1.26. The first-order valence-corrected chi connectivity index (χ1v) is 14.2. The molecule has 10 heteroatoms. The number of thioether (sulfide) groups is 1. The Labute approximate surface area is 237 Å². The van der Waals surface area contributed by atoms with Crippen LogP contribution < -0.4 is 10.6 Å². The molecule has 1 aromatic heterocycles. The van der Waals surface area contributed by atoms with Crippen molar-refractivity contribution in [1.82, 2.24) is 15.5 Å². The predicted octanol–water partition coefficient (Wildman–Crippen LogP) is 4.47. The van der Waals surface area contributed by atoms with Crippen molar-refractivity contribution in [2.75, 3.05) is 0 Å². The molecular formula is C30H31N5O4S. The number of hydrogen-bond donors (Lipinski definition) is 2. The maximum absolute atomic E-state index is 13.6. The molecule has 3 aromatic rings. The number of carbonyl (C=O) groups is 3. The fourth-order valence-corrected chi connectivity index (χ4v) is 5.53. The van der Waals surface area contributed by atoms with Crippen LogP contribution in [0.15, 0.2) is 81.3 Å². The molecule has 206 valence electrons. The predicted molar refractivity (Wildman–Crippen MR) is 155 cm³/mol. The average Bonchev–Trinajstić information content (AvgIpc) is 3.61. The lowest BCUT2D eigenvalue weighted by Gasteiger charge is -2.27. The lowest BCUT2D eigenvalue weighted by molar-refractivity contribution is -0.125. The summed E-state index contributed by atoms with van der Waals surface area (Å²) in [5, 5.41) is 5.79. The maximum Gasteiger partial charge on any atom is 0.259 e. The van der Waals surface area contributed by atoms with E-state index in [1.54, 1.807) is 18.4 Å². The van der Waals surface area contributed by atoms with E-state index in [9.17, 15) is 14.4 Å². The molecule has 0 unspecified atom stereocenters. The molecule has 2 aliphatic heterocycles. The number of aryl methyl sites for hydroxylation is 1. The van der Waals surface area contributed by atoms with Crippen molar-refractivity contribution in [2.45, 2.75) is 57.5 Å². The van der Waals surface area contributed by atoms with Crippen LogP contribution in [0.25, 0.3) is 0 Å². The largest absolute Gasteiger partial charge is 0.467 e. The number of furan rings is 1. The Kier molecular flexibility index (Phi) is 8.45. The van der Waals surface area contributed by atoms with Gasteiger partial charge in [0.05, 0.1) is 23.7 Å². The quantitative estimate of drug-likeness (QED) is 0.382. The number of rotatable bonds is 10. The van der Waals surface area contributed by atoms with E-state index in [4.69, 9.17) is 14.4 Å². The summed E-state index contributed by atoms with van der Waals surface area (Å²) in [4.78, 5) is 50.1. The van der Waals surface area contributed by atoms with Gasteiger partial charge in [0.2, 0.25) is 11.8 Å². The third-order valence-corrected chi connectivity index (χ3v) is 8.05. The molecule has 0 fully saturated rings. The maximum atomic E-state index is 13.6. The zero-order chi connectivity index (χ0) is 28.1. The normalized spacial score (nSPS) is 16.5. The Morgan fingerprint density at radius 1 is 1.05 bits per heavy atom. The van der Waals surface area contributed by atoms with Gasteiger partial charge in [0.15, 0.2) is 5.17 Å². The van der Waals surface area contributed by atoms with Gasteiger partial charge in [-0.3, -0.25) is 19.4 Å². The lowest BCUT2D eigenvalue weighted by Crippen LogP contribution is -2.43. The second-order valence-corrected chi connectivity index (χ2v) is 10.8. The second-order valence-electron chi connectivity index (χ2n) is 9.67. The molecule has 9 nitrogen and oxygen atoms in total. The van der Waals surface area contributed by atoms with Crippen LogP contribution in [0.2, 0.25) is 0 Å². The van der Waals surface area contributed by atoms with Crippen LogP contribution in [0.3, 0.4) is 0 Å². The van der Waals surface area contributed by atoms with E-state index in [0.717, 1.165) is 16.7 Å². The summed E-state index contributed by atoms with van der Waals surface area (Å²) in [5.74, 6) is 0.614. The first-order valence-electron chi connectivity index (χ1n) is 13.3. The van der Waals surface area contributed by atoms with Crippen molar-refractivity contribution in [2.24, 2.45) is 9.98 Å². The number of para-hydroxylation sites is 1. The van der Waals surface area contributed by atoms with Crippen LogP contribution in [0.4, 0.5) is 5.69 Å². The number of benzene rings is 2. The Balaban J connectivity index is 1.27. The summed E-state index contributed by atoms with van der Waals surface area (Å²) in [6.07, 6.45) is 2.51. The van der Waals surface area contributed by atoms with Gasteiger partial charge in [-0.25, -0.2) is 9.89 Å². The summed E-state index contributed by atoms with van der Waals surface area (Å²) in [6.45, 7) is 4.67. The molecule has 0 aliphatic carbocycles. The summed E-state index contributed by atoms with van der Waals surface area (Å²) in [6, 6.07) is 18.4. The number of carbonyl (C=O) groups excluding carboxylic acids is 3. The van der Waals surface area contributed by atoms with Crippen molar-refractivity contribution in [1.29, 1.82) is 0 Å². The van der Waals surface area contributed by atoms with Crippen molar-refractivity contribution in [3.05, 3.63) is 89.4 Å². The van der Waals surface area contributed by atoms with Crippen molar-refractivity contribution in [3.8, 4) is 0 Å². The molecule has 5 rings (SSSR count). The molecule has 0 saturated heterocycles. The van der Waals surface area contributed by atoms with E-state index >= 15 is 0 Å². The van der Waals surface area contributed by atoms with E-state index < -0.39 is 11.3 Å². The highest BCUT2D eigenvalue weighted by Gasteiger charge is 2.42. The Hall–Kier alpha value is -4.18. The van der Waals surface area contributed by atoms with E-state index in [1.807, 2.05) is 62.4 Å². The number of amidine groups is 2. The molecular weight excluding hydrogens is 526 g/mol. The van der Waals surface area contributed by atoms with Gasteiger partial charge < -0.3 is 15.1 Å². The van der Waals surface area contributed by atoms with Gasteiger partial charge in [-0.2, -0.15) is 0 Å². The third kappa shape index (κ3) is 6.17. The smallest absolute Gasteiger partial charge is 0.259 e. The van der Waals surface area contributed by atoms with Crippen molar-refractivity contribution < 1.29 is 18.8 Å². The minimum atomic E-state index is -0.711. The van der Waals surface area contributed by atoms with Gasteiger partial charge in [0.25, 0.3) is 5.91 Å². The summed E-state index contributed by atoms with van der Waals surface area (Å²) < 4.78 is 5.25. The number of amides is 3. The van der Waals surface area contributed by atoms with Crippen LogP contribution >= 0.6 is 11.8 Å². The van der Waals surface area contributed by atoms with Gasteiger partial charge in [0, 0.05) is 18.5 Å². The molecule has 3 amide bonds. The molecule has 0 saturated carbocycles. The summed E-state index contributed by atoms with van der Waals surface area (Å²) in [5.41, 5.74) is 3.62. The number of aliphatic imine (C=N–C) groups is 2. The SMILES string of the molecule is CC[C@H](SC1=Nc2ccccc2C2=N[C@@H](CCC(=O)NCc3ccco3)C(=O)N12)C(=O)NCc1ccc(C)cc1. The van der Waals surface area contributed by atoms with Gasteiger partial charge >= 0.3 is 0 Å². The summed E-state index contributed by atoms with van der Waals surface area (Å²) in [7, 11) is 0. The zero-order valence-corrected chi connectivity index (χ0v) is 23.2. The average molecular weight is 558 g/mol. The Morgan fingerprint density at radius 3 is 2.60 bits per heavy atom. The van der Waals surface area contributed by atoms with Crippen LogP contribution in [-0.4, -0.2) is 44.9 Å². The number of nitrogens with zero attached hydrogens (tertiary/aromatic N) is 3. The molecule has 40 heavy (non-hydrogen) atoms. The van der Waals surface area contributed by atoms with E-state index in [-0.39, 0.29) is 37.1 Å². The van der Waals surface area contributed by atoms with E-state index in [0.29, 0.717) is 35.4 Å². The minimum absolute atomic E-state index is 0.121. The number of fused-ring (bicyclic) bond motifs is 3. The first-order chi connectivity index (χ1) is 19.4. The van der Waals surface area contributed by atoms with Crippen LogP contribution in [-0.2, 0) is 27.5 Å². The molecule has 2 aromatic carbocycles. The molecule has 0 bridgehead atoms. The second kappa shape index (κ2) is 12.3. The van der Waals surface area contributed by atoms with Crippen LogP contribution in [0.1, 0.15) is 48.6 Å². The Bertz CT molecular complexity index is 1450. The zero-order valence-electron chi connectivity index (χ0n) is 22.4. The van der Waals surface area contributed by atoms with Crippen LogP contribution in [0, 0.1) is 6.92 Å². The highest BCUT2D eigenvalue weighted by atomic mass is 32.2. The standard InChI is InChI=1S/C30H31N5O4S/c1-3-25(28(37)32-17-20-12-10-19(2)11-13-20)40-30-34-23-9-5-4-8-22(23)27-33-24(29(38)35(27)30)14-15-26(36)31-18-21-7-6-16-39-21/h4-13,16,24-25H,3,14-15,17-18H2,1-2H3,(H,31,36)(H,32,37)/t24-,25-/m0/s1. The fraction of sp³-hybridized carbons (Fsp3) is 0.300. The third-order valence-electron chi connectivity index (χ3n) is 6.73. The minimum Gasteiger partial charge on any atom is -0.467 e. The molecule has 2 N–H and O–H groups in total.